The van der Waals surface area contributed by atoms with Gasteiger partial charge in [-0.1, -0.05) is 6.42 Å². The molecule has 0 bridgehead atoms. The van der Waals surface area contributed by atoms with Crippen LogP contribution in [-0.4, -0.2) is 73.1 Å². The Bertz CT molecular complexity index is 1210. The summed E-state index contributed by atoms with van der Waals surface area (Å²) in [6, 6.07) is 4.94. The molecule has 3 unspecified atom stereocenters. The number of carbonyl (C=O) groups excluding carboxylic acids is 3. The number of rotatable bonds is 6. The highest BCUT2D eigenvalue weighted by Gasteiger charge is 2.44. The molecule has 4 heterocycles. The van der Waals surface area contributed by atoms with Gasteiger partial charge in [-0.2, -0.15) is 4.31 Å². The highest BCUT2D eigenvalue weighted by Crippen LogP contribution is 2.36. The molecule has 6 rings (SSSR count). The number of benzene rings is 1. The van der Waals surface area contributed by atoms with E-state index in [1.807, 2.05) is 18.3 Å². The third-order valence-corrected chi connectivity index (χ3v) is 8.55. The summed E-state index contributed by atoms with van der Waals surface area (Å²) in [6.07, 6.45) is 9.92. The second-order valence-electron chi connectivity index (χ2n) is 10.2. The van der Waals surface area contributed by atoms with E-state index in [9.17, 15) is 18.3 Å². The summed E-state index contributed by atoms with van der Waals surface area (Å²) in [5.74, 6) is -0.411. The van der Waals surface area contributed by atoms with Crippen LogP contribution in [0.15, 0.2) is 36.8 Å². The number of piperidine rings is 1. The number of likely N-dealkylation sites (tertiary alicyclic amines) is 1. The van der Waals surface area contributed by atoms with Crippen molar-refractivity contribution in [2.75, 3.05) is 13.1 Å². The second kappa shape index (κ2) is 10.0. The first-order valence-electron chi connectivity index (χ1n) is 12.8. The van der Waals surface area contributed by atoms with Crippen molar-refractivity contribution in [2.24, 2.45) is 0 Å². The molecule has 0 radical (unpaired) electrons. The third kappa shape index (κ3) is 4.48. The van der Waals surface area contributed by atoms with Crippen molar-refractivity contribution in [3.05, 3.63) is 53.6 Å². The monoisotopic (exact) mass is 525 g/mol. The van der Waals surface area contributed by atoms with Crippen molar-refractivity contribution in [2.45, 2.75) is 69.2 Å². The minimum atomic E-state index is -0.846. The topological polar surface area (TPSA) is 95.9 Å². The van der Waals surface area contributed by atoms with Crippen LogP contribution in [0.2, 0.25) is 0 Å². The molecule has 11 heteroatoms. The summed E-state index contributed by atoms with van der Waals surface area (Å²) in [7, 11) is 0. The van der Waals surface area contributed by atoms with Crippen LogP contribution in [0.5, 0.6) is 5.75 Å². The molecule has 3 aliphatic heterocycles. The van der Waals surface area contributed by atoms with E-state index in [1.54, 1.807) is 18.5 Å². The number of fused-ring (bicyclic) bond motifs is 1. The number of halogens is 1. The Morgan fingerprint density at radius 1 is 1.05 bits per heavy atom. The molecule has 194 valence electrons. The van der Waals surface area contributed by atoms with Crippen LogP contribution in [0.3, 0.4) is 0 Å². The Morgan fingerprint density at radius 2 is 1.89 bits per heavy atom. The van der Waals surface area contributed by atoms with E-state index in [1.165, 1.54) is 11.3 Å². The zero-order chi connectivity index (χ0) is 25.5. The van der Waals surface area contributed by atoms with Crippen LogP contribution in [-0.2, 0) is 16.1 Å². The number of hydrogen-bond acceptors (Lipinski definition) is 8. The number of amides is 3. The number of aromatic nitrogens is 2. The minimum absolute atomic E-state index is 0.0269. The van der Waals surface area contributed by atoms with Gasteiger partial charge >= 0.3 is 0 Å². The van der Waals surface area contributed by atoms with Gasteiger partial charge in [-0.05, 0) is 49.4 Å². The zero-order valence-electron chi connectivity index (χ0n) is 20.3. The van der Waals surface area contributed by atoms with Crippen LogP contribution in [0.4, 0.5) is 3.89 Å². The van der Waals surface area contributed by atoms with E-state index >= 15 is 0 Å². The van der Waals surface area contributed by atoms with Gasteiger partial charge in [-0.3, -0.25) is 29.3 Å². The van der Waals surface area contributed by atoms with Gasteiger partial charge in [0, 0.05) is 62.2 Å². The molecule has 1 aromatic heterocycles. The van der Waals surface area contributed by atoms with Gasteiger partial charge in [-0.25, -0.2) is 0 Å². The smallest absolute Gasteiger partial charge is 0.264 e. The molecule has 3 fully saturated rings. The molecule has 3 amide bonds. The Kier molecular flexibility index (Phi) is 6.58. The van der Waals surface area contributed by atoms with Crippen LogP contribution in [0, 0.1) is 0 Å². The molecule has 2 saturated heterocycles. The Morgan fingerprint density at radius 3 is 2.68 bits per heavy atom. The summed E-state index contributed by atoms with van der Waals surface area (Å²) in [5.41, 5.74) is 2.34. The van der Waals surface area contributed by atoms with Gasteiger partial charge < -0.3 is 9.64 Å². The van der Waals surface area contributed by atoms with Crippen molar-refractivity contribution in [1.82, 2.24) is 24.1 Å². The van der Waals surface area contributed by atoms with Crippen molar-refractivity contribution in [3.8, 4) is 5.75 Å². The highest BCUT2D eigenvalue weighted by molar-refractivity contribution is 7.93. The molecule has 9 nitrogen and oxygen atoms in total. The predicted octanol–water partition coefficient (Wildman–Crippen LogP) is 3.27. The maximum atomic E-state index is 13.2. The Hall–Kier alpha value is -3.05. The summed E-state index contributed by atoms with van der Waals surface area (Å²) in [6.45, 7) is 2.13. The summed E-state index contributed by atoms with van der Waals surface area (Å²) in [4.78, 5) is 50.1. The van der Waals surface area contributed by atoms with Gasteiger partial charge in [0.25, 0.3) is 11.8 Å². The number of nitrogens with zero attached hydrogens (tertiary/aromatic N) is 5. The maximum Gasteiger partial charge on any atom is 0.264 e. The molecule has 1 saturated carbocycles. The highest BCUT2D eigenvalue weighted by atomic mass is 32.2. The average molecular weight is 526 g/mol. The fourth-order valence-corrected chi connectivity index (χ4v) is 6.41. The molecule has 0 N–H and O–H groups in total. The van der Waals surface area contributed by atoms with Crippen LogP contribution in [0.1, 0.15) is 66.1 Å². The lowest BCUT2D eigenvalue weighted by atomic mass is 9.86. The molecular weight excluding hydrogens is 497 g/mol. The minimum Gasteiger partial charge on any atom is -0.489 e. The largest absolute Gasteiger partial charge is 0.489 e. The Balaban J connectivity index is 1.13. The fraction of sp³-hybridized carbons (Fsp3) is 0.500. The fourth-order valence-electron chi connectivity index (χ4n) is 6.05. The van der Waals surface area contributed by atoms with Gasteiger partial charge in [0.15, 0.2) is 12.3 Å². The van der Waals surface area contributed by atoms with E-state index in [0.717, 1.165) is 43.6 Å². The second-order valence-corrected chi connectivity index (χ2v) is 10.7. The molecule has 37 heavy (non-hydrogen) atoms. The van der Waals surface area contributed by atoms with E-state index in [-0.39, 0.29) is 31.4 Å². The number of ether oxygens (including phenoxy) is 1. The first kappa shape index (κ1) is 24.3. The van der Waals surface area contributed by atoms with Crippen LogP contribution in [0.25, 0.3) is 0 Å². The van der Waals surface area contributed by atoms with Gasteiger partial charge in [0.05, 0.1) is 5.69 Å². The van der Waals surface area contributed by atoms with Gasteiger partial charge in [0.1, 0.15) is 17.9 Å². The average Bonchev–Trinajstić information content (AvgIpc) is 3.20. The molecule has 2 aromatic rings. The van der Waals surface area contributed by atoms with Crippen LogP contribution < -0.4 is 4.74 Å². The van der Waals surface area contributed by atoms with Crippen LogP contribution >= 0.6 is 12.3 Å². The Labute approximate surface area is 218 Å². The quantitative estimate of drug-likeness (QED) is 0.419. The lowest BCUT2D eigenvalue weighted by Crippen LogP contribution is -2.57. The first-order valence-corrected chi connectivity index (χ1v) is 13.5. The first-order chi connectivity index (χ1) is 18.0. The SMILES string of the molecule is O=C1CCC(N2Cc3cc(OC4CCCCC4N4CC(c5cnccn5)C4)ccc3C2=O)C(=O)N1SF. The summed E-state index contributed by atoms with van der Waals surface area (Å²) >= 11 is -0.395. The number of carbonyl (C=O) groups is 3. The lowest BCUT2D eigenvalue weighted by Gasteiger charge is -2.48. The standard InChI is InChI=1S/C26H28FN5O4S/c27-37-32-24(33)8-7-22(26(32)35)31-15-16-11-18(5-6-19(16)25(31)34)36-23-4-2-1-3-21(23)30-13-17(14-30)20-12-28-9-10-29-20/h5-6,9-12,17,21-23H,1-4,7-8,13-15H2. The van der Waals surface area contributed by atoms with Crippen molar-refractivity contribution in [3.63, 3.8) is 0 Å². The molecule has 0 spiro atoms. The van der Waals surface area contributed by atoms with E-state index in [0.29, 0.717) is 27.6 Å². The lowest BCUT2D eigenvalue weighted by molar-refractivity contribution is -0.145. The van der Waals surface area contributed by atoms with Gasteiger partial charge in [-0.15, -0.1) is 3.89 Å². The predicted molar refractivity (Wildman–Crippen MR) is 133 cm³/mol. The van der Waals surface area contributed by atoms with Gasteiger partial charge in [0.2, 0.25) is 5.91 Å². The molecule has 1 aliphatic carbocycles. The van der Waals surface area contributed by atoms with Crippen molar-refractivity contribution >= 4 is 30.1 Å². The number of hydrogen-bond donors (Lipinski definition) is 0. The van der Waals surface area contributed by atoms with Crippen molar-refractivity contribution < 1.29 is 23.0 Å². The summed E-state index contributed by atoms with van der Waals surface area (Å²) < 4.78 is 20.2. The van der Waals surface area contributed by atoms with E-state index in [2.05, 4.69) is 14.9 Å². The maximum absolute atomic E-state index is 13.2. The van der Waals surface area contributed by atoms with E-state index in [4.69, 9.17) is 4.74 Å². The van der Waals surface area contributed by atoms with E-state index < -0.39 is 30.2 Å². The molecular formula is C26H28FN5O4S. The molecule has 1 aromatic carbocycles. The molecule has 3 atom stereocenters. The summed E-state index contributed by atoms with van der Waals surface area (Å²) in [5, 5.41) is 0. The zero-order valence-corrected chi connectivity index (χ0v) is 21.1. The molecule has 4 aliphatic rings. The van der Waals surface area contributed by atoms with Crippen molar-refractivity contribution in [1.29, 1.82) is 0 Å². The normalized spacial score (nSPS) is 26.8. The number of imide groups is 1. The third-order valence-electron chi connectivity index (χ3n) is 8.03.